The van der Waals surface area contributed by atoms with Gasteiger partial charge >= 0.3 is 0 Å². The standard InChI is InChI=1S/C26H27ClF2N4O4/c1-37-22-12-21(18(29)11-16(22)24(35)30-19-3-5-23(34)31-25(19)36)33-13-26(14-33)6-8-32(9-7-26)20-4-2-15(27)10-17(20)28/h2,4,10-12,19H,3,5-9,13-14H2,1H3,(H,30,35)(H,31,34,36). The number of ether oxygens (including phenoxy) is 1. The fourth-order valence-electron chi connectivity index (χ4n) is 5.41. The normalized spacial score (nSPS) is 20.9. The van der Waals surface area contributed by atoms with Crippen LogP contribution < -0.4 is 25.2 Å². The van der Waals surface area contributed by atoms with Crippen LogP contribution in [0.3, 0.4) is 0 Å². The Hall–Kier alpha value is -3.40. The molecule has 3 saturated heterocycles. The molecule has 8 nitrogen and oxygen atoms in total. The molecule has 2 aromatic carbocycles. The van der Waals surface area contributed by atoms with Crippen LogP contribution in [0.15, 0.2) is 30.3 Å². The average molecular weight is 533 g/mol. The first-order valence-electron chi connectivity index (χ1n) is 12.1. The highest BCUT2D eigenvalue weighted by Gasteiger charge is 2.46. The van der Waals surface area contributed by atoms with Crippen molar-refractivity contribution in [1.82, 2.24) is 10.6 Å². The van der Waals surface area contributed by atoms with Gasteiger partial charge in [-0.15, -0.1) is 0 Å². The highest BCUT2D eigenvalue weighted by atomic mass is 35.5. The molecule has 3 aliphatic rings. The lowest BCUT2D eigenvalue weighted by Crippen LogP contribution is -2.60. The summed E-state index contributed by atoms with van der Waals surface area (Å²) >= 11 is 5.87. The molecule has 11 heteroatoms. The molecular formula is C26H27ClF2N4O4. The van der Waals surface area contributed by atoms with E-state index in [0.717, 1.165) is 18.9 Å². The van der Waals surface area contributed by atoms with E-state index in [1.807, 2.05) is 9.80 Å². The van der Waals surface area contributed by atoms with Gasteiger partial charge in [0.1, 0.15) is 23.4 Å². The maximum Gasteiger partial charge on any atom is 0.255 e. The van der Waals surface area contributed by atoms with Gasteiger partial charge in [-0.1, -0.05) is 11.6 Å². The number of hydrogen-bond acceptors (Lipinski definition) is 6. The molecule has 2 aromatic rings. The van der Waals surface area contributed by atoms with Crippen molar-refractivity contribution >= 4 is 40.7 Å². The van der Waals surface area contributed by atoms with Crippen molar-refractivity contribution in [3.63, 3.8) is 0 Å². The molecule has 3 heterocycles. The van der Waals surface area contributed by atoms with Crippen LogP contribution in [0.2, 0.25) is 5.02 Å². The minimum absolute atomic E-state index is 0.0148. The molecule has 196 valence electrons. The molecule has 0 aliphatic carbocycles. The SMILES string of the molecule is COc1cc(N2CC3(CCN(c4ccc(Cl)cc4F)CC3)C2)c(F)cc1C(=O)NC1CCC(=O)NC1=O. The van der Waals surface area contributed by atoms with Gasteiger partial charge in [0.2, 0.25) is 11.8 Å². The molecule has 1 spiro atoms. The van der Waals surface area contributed by atoms with E-state index in [-0.39, 0.29) is 35.4 Å². The van der Waals surface area contributed by atoms with Crippen molar-refractivity contribution in [2.45, 2.75) is 31.7 Å². The molecule has 0 aromatic heterocycles. The average Bonchev–Trinajstić information content (AvgIpc) is 2.84. The maximum atomic E-state index is 15.2. The van der Waals surface area contributed by atoms with Gasteiger partial charge < -0.3 is 19.9 Å². The number of rotatable bonds is 5. The molecular weight excluding hydrogens is 506 g/mol. The summed E-state index contributed by atoms with van der Waals surface area (Å²) in [5.74, 6) is -2.34. The minimum Gasteiger partial charge on any atom is -0.496 e. The zero-order chi connectivity index (χ0) is 26.3. The third kappa shape index (κ3) is 4.94. The van der Waals surface area contributed by atoms with Crippen LogP contribution in [-0.2, 0) is 9.59 Å². The lowest BCUT2D eigenvalue weighted by molar-refractivity contribution is -0.134. The third-order valence-corrected chi connectivity index (χ3v) is 7.76. The molecule has 3 fully saturated rings. The number of anilines is 2. The van der Waals surface area contributed by atoms with Crippen LogP contribution in [-0.4, -0.2) is 57.1 Å². The largest absolute Gasteiger partial charge is 0.496 e. The quantitative estimate of drug-likeness (QED) is 0.575. The highest BCUT2D eigenvalue weighted by Crippen LogP contribution is 2.45. The highest BCUT2D eigenvalue weighted by molar-refractivity contribution is 6.30. The predicted molar refractivity (Wildman–Crippen MR) is 134 cm³/mol. The van der Waals surface area contributed by atoms with E-state index in [2.05, 4.69) is 10.6 Å². The summed E-state index contributed by atoms with van der Waals surface area (Å²) in [6.45, 7) is 2.67. The Labute approximate surface area is 217 Å². The van der Waals surface area contributed by atoms with E-state index in [4.69, 9.17) is 16.3 Å². The van der Waals surface area contributed by atoms with Gasteiger partial charge in [-0.05, 0) is 43.5 Å². The number of nitrogens with one attached hydrogen (secondary N) is 2. The number of carbonyl (C=O) groups is 3. The van der Waals surface area contributed by atoms with Gasteiger partial charge in [-0.3, -0.25) is 19.7 Å². The number of amides is 3. The van der Waals surface area contributed by atoms with Crippen molar-refractivity contribution in [3.05, 3.63) is 52.6 Å². The summed E-state index contributed by atoms with van der Waals surface area (Å²) in [5, 5.41) is 5.09. The number of nitrogens with zero attached hydrogens (tertiary/aromatic N) is 2. The van der Waals surface area contributed by atoms with E-state index in [1.54, 1.807) is 12.1 Å². The number of halogens is 3. The summed E-state index contributed by atoms with van der Waals surface area (Å²) in [6.07, 6.45) is 1.98. The fraction of sp³-hybridized carbons (Fsp3) is 0.423. The summed E-state index contributed by atoms with van der Waals surface area (Å²) in [7, 11) is 1.39. The van der Waals surface area contributed by atoms with Crippen molar-refractivity contribution in [3.8, 4) is 5.75 Å². The van der Waals surface area contributed by atoms with Crippen LogP contribution in [0.5, 0.6) is 5.75 Å². The Kier molecular flexibility index (Phi) is 6.70. The number of benzene rings is 2. The van der Waals surface area contributed by atoms with Gasteiger partial charge in [-0.2, -0.15) is 0 Å². The molecule has 1 unspecified atom stereocenters. The molecule has 0 radical (unpaired) electrons. The Bertz CT molecular complexity index is 1260. The van der Waals surface area contributed by atoms with Gasteiger partial charge in [0, 0.05) is 49.1 Å². The van der Waals surface area contributed by atoms with E-state index < -0.39 is 29.6 Å². The minimum atomic E-state index is -0.875. The maximum absolute atomic E-state index is 15.2. The molecule has 1 atom stereocenters. The summed E-state index contributed by atoms with van der Waals surface area (Å²) < 4.78 is 34.9. The van der Waals surface area contributed by atoms with E-state index in [1.165, 1.54) is 19.2 Å². The molecule has 0 saturated carbocycles. The lowest BCUT2D eigenvalue weighted by Gasteiger charge is -2.55. The first-order valence-corrected chi connectivity index (χ1v) is 12.5. The van der Waals surface area contributed by atoms with Gasteiger partial charge in [0.15, 0.2) is 0 Å². The second-order valence-corrected chi connectivity index (χ2v) is 10.4. The van der Waals surface area contributed by atoms with Gasteiger partial charge in [0.25, 0.3) is 5.91 Å². The van der Waals surface area contributed by atoms with Crippen LogP contribution in [0.1, 0.15) is 36.0 Å². The number of hydrogen-bond donors (Lipinski definition) is 2. The van der Waals surface area contributed by atoms with Gasteiger partial charge in [0.05, 0.1) is 24.0 Å². The van der Waals surface area contributed by atoms with Crippen molar-refractivity contribution in [2.75, 3.05) is 43.1 Å². The summed E-state index contributed by atoms with van der Waals surface area (Å²) in [6, 6.07) is 6.44. The van der Waals surface area contributed by atoms with Crippen molar-refractivity contribution in [1.29, 1.82) is 0 Å². The third-order valence-electron chi connectivity index (χ3n) is 7.53. The smallest absolute Gasteiger partial charge is 0.255 e. The monoisotopic (exact) mass is 532 g/mol. The number of imide groups is 1. The first-order chi connectivity index (χ1) is 17.7. The molecule has 2 N–H and O–H groups in total. The molecule has 37 heavy (non-hydrogen) atoms. The van der Waals surface area contributed by atoms with Crippen LogP contribution in [0, 0.1) is 17.0 Å². The van der Waals surface area contributed by atoms with E-state index in [9.17, 15) is 18.8 Å². The first kappa shape index (κ1) is 25.3. The lowest BCUT2D eigenvalue weighted by atomic mass is 9.71. The number of piperidine rings is 2. The van der Waals surface area contributed by atoms with Crippen LogP contribution >= 0.6 is 11.6 Å². The zero-order valence-electron chi connectivity index (χ0n) is 20.3. The molecule has 3 amide bonds. The Balaban J connectivity index is 1.23. The Morgan fingerprint density at radius 2 is 1.78 bits per heavy atom. The molecule has 3 aliphatic heterocycles. The zero-order valence-corrected chi connectivity index (χ0v) is 21.0. The predicted octanol–water partition coefficient (Wildman–Crippen LogP) is 3.27. The van der Waals surface area contributed by atoms with Crippen molar-refractivity contribution < 1.29 is 27.9 Å². The Morgan fingerprint density at radius 1 is 1.08 bits per heavy atom. The molecule has 0 bridgehead atoms. The summed E-state index contributed by atoms with van der Waals surface area (Å²) in [4.78, 5) is 40.0. The van der Waals surface area contributed by atoms with Gasteiger partial charge in [-0.25, -0.2) is 8.78 Å². The fourth-order valence-corrected chi connectivity index (χ4v) is 5.57. The Morgan fingerprint density at radius 3 is 2.43 bits per heavy atom. The van der Waals surface area contributed by atoms with E-state index in [0.29, 0.717) is 42.6 Å². The second kappa shape index (κ2) is 9.81. The van der Waals surface area contributed by atoms with Crippen molar-refractivity contribution in [2.24, 2.45) is 5.41 Å². The summed E-state index contributed by atoms with van der Waals surface area (Å²) in [5.41, 5.74) is 0.867. The second-order valence-electron chi connectivity index (χ2n) is 9.92. The van der Waals surface area contributed by atoms with Crippen LogP contribution in [0.4, 0.5) is 20.2 Å². The molecule has 5 rings (SSSR count). The van der Waals surface area contributed by atoms with Crippen LogP contribution in [0.25, 0.3) is 0 Å². The van der Waals surface area contributed by atoms with E-state index >= 15 is 4.39 Å². The number of carbonyl (C=O) groups excluding carboxylic acids is 3. The number of methoxy groups -OCH3 is 1. The topological polar surface area (TPSA) is 91.0 Å².